The fourth-order valence-electron chi connectivity index (χ4n) is 2.50. The number of halogens is 1. The molecule has 23 heavy (non-hydrogen) atoms. The Kier molecular flexibility index (Phi) is 4.48. The second-order valence-electron chi connectivity index (χ2n) is 5.28. The molecule has 3 nitrogen and oxygen atoms in total. The molecule has 0 aliphatic heterocycles. The van der Waals surface area contributed by atoms with Crippen LogP contribution in [0.25, 0.3) is 10.9 Å². The van der Waals surface area contributed by atoms with E-state index in [0.29, 0.717) is 22.6 Å². The summed E-state index contributed by atoms with van der Waals surface area (Å²) < 4.78 is 15.1. The van der Waals surface area contributed by atoms with Crippen LogP contribution >= 0.6 is 11.8 Å². The van der Waals surface area contributed by atoms with Crippen LogP contribution in [-0.2, 0) is 6.54 Å². The van der Waals surface area contributed by atoms with Gasteiger partial charge in [-0.25, -0.2) is 9.37 Å². The Labute approximate surface area is 138 Å². The minimum absolute atomic E-state index is 0.00318. The summed E-state index contributed by atoms with van der Waals surface area (Å²) in [6.45, 7) is 4.46. The first-order chi connectivity index (χ1) is 11.1. The van der Waals surface area contributed by atoms with E-state index in [-0.39, 0.29) is 16.6 Å². The first kappa shape index (κ1) is 15.7. The summed E-state index contributed by atoms with van der Waals surface area (Å²) in [7, 11) is 0. The van der Waals surface area contributed by atoms with Gasteiger partial charge >= 0.3 is 0 Å². The molecule has 3 aromatic rings. The third kappa shape index (κ3) is 3.15. The molecule has 0 N–H and O–H groups in total. The molecule has 0 saturated carbocycles. The van der Waals surface area contributed by atoms with Crippen LogP contribution in [0.5, 0.6) is 0 Å². The van der Waals surface area contributed by atoms with E-state index in [1.165, 1.54) is 23.9 Å². The van der Waals surface area contributed by atoms with Gasteiger partial charge in [-0.05, 0) is 43.7 Å². The van der Waals surface area contributed by atoms with Crippen LogP contribution in [0.1, 0.15) is 24.7 Å². The zero-order valence-electron chi connectivity index (χ0n) is 13.0. The molecule has 1 atom stereocenters. The van der Waals surface area contributed by atoms with E-state index in [1.807, 2.05) is 38.1 Å². The minimum atomic E-state index is -0.255. The molecule has 118 valence electrons. The molecule has 0 amide bonds. The third-order valence-electron chi connectivity index (χ3n) is 3.74. The molecular formula is C18H17FN2OS. The summed E-state index contributed by atoms with van der Waals surface area (Å²) in [6, 6.07) is 13.9. The van der Waals surface area contributed by atoms with Crippen LogP contribution in [0.15, 0.2) is 58.5 Å². The highest BCUT2D eigenvalue weighted by molar-refractivity contribution is 7.99. The molecular weight excluding hydrogens is 311 g/mol. The molecule has 0 unspecified atom stereocenters. The topological polar surface area (TPSA) is 34.9 Å². The predicted molar refractivity (Wildman–Crippen MR) is 92.3 cm³/mol. The molecule has 0 aliphatic rings. The number of fused-ring (bicyclic) bond motifs is 1. The van der Waals surface area contributed by atoms with Crippen molar-refractivity contribution in [2.75, 3.05) is 0 Å². The second kappa shape index (κ2) is 6.54. The smallest absolute Gasteiger partial charge is 0.262 e. The van der Waals surface area contributed by atoms with Crippen molar-refractivity contribution in [3.63, 3.8) is 0 Å². The number of thioether (sulfide) groups is 1. The first-order valence-electron chi connectivity index (χ1n) is 7.52. The Hall–Kier alpha value is -2.14. The van der Waals surface area contributed by atoms with Crippen LogP contribution in [0.3, 0.4) is 0 Å². The molecule has 5 heteroatoms. The van der Waals surface area contributed by atoms with Gasteiger partial charge in [0.15, 0.2) is 5.16 Å². The highest BCUT2D eigenvalue weighted by Gasteiger charge is 2.15. The summed E-state index contributed by atoms with van der Waals surface area (Å²) in [6.07, 6.45) is 0. The molecule has 3 rings (SSSR count). The third-order valence-corrected chi connectivity index (χ3v) is 4.89. The van der Waals surface area contributed by atoms with Gasteiger partial charge in [0, 0.05) is 11.8 Å². The number of para-hydroxylation sites is 1. The van der Waals surface area contributed by atoms with Gasteiger partial charge in [0.1, 0.15) is 5.82 Å². The van der Waals surface area contributed by atoms with Gasteiger partial charge < -0.3 is 0 Å². The van der Waals surface area contributed by atoms with Crippen molar-refractivity contribution in [3.8, 4) is 0 Å². The van der Waals surface area contributed by atoms with Crippen molar-refractivity contribution in [2.45, 2.75) is 30.8 Å². The molecule has 0 bridgehead atoms. The number of hydrogen-bond donors (Lipinski definition) is 0. The van der Waals surface area contributed by atoms with Crippen molar-refractivity contribution in [2.24, 2.45) is 0 Å². The van der Waals surface area contributed by atoms with Crippen molar-refractivity contribution in [3.05, 3.63) is 70.3 Å². The van der Waals surface area contributed by atoms with Crippen LogP contribution in [0.2, 0.25) is 0 Å². The van der Waals surface area contributed by atoms with E-state index >= 15 is 0 Å². The maximum absolute atomic E-state index is 13.4. The predicted octanol–water partition coefficient (Wildman–Crippen LogP) is 4.41. The largest absolute Gasteiger partial charge is 0.287 e. The highest BCUT2D eigenvalue weighted by atomic mass is 32.2. The molecule has 1 aromatic heterocycles. The number of rotatable bonds is 4. The fourth-order valence-corrected chi connectivity index (χ4v) is 3.59. The molecule has 0 saturated heterocycles. The van der Waals surface area contributed by atoms with Gasteiger partial charge in [0.2, 0.25) is 0 Å². The Morgan fingerprint density at radius 3 is 2.74 bits per heavy atom. The van der Waals surface area contributed by atoms with Gasteiger partial charge in [0.25, 0.3) is 5.56 Å². The lowest BCUT2D eigenvalue weighted by atomic mass is 10.2. The SMILES string of the molecule is CCn1c(S[C@H](C)c2cccc(F)c2)nc2ccccc2c1=O. The monoisotopic (exact) mass is 328 g/mol. The van der Waals surface area contributed by atoms with Gasteiger partial charge in [-0.3, -0.25) is 9.36 Å². The van der Waals surface area contributed by atoms with Gasteiger partial charge in [-0.1, -0.05) is 36.0 Å². The molecule has 0 spiro atoms. The Morgan fingerprint density at radius 1 is 1.22 bits per heavy atom. The molecule has 0 radical (unpaired) electrons. The molecule has 0 fully saturated rings. The molecule has 2 aromatic carbocycles. The normalized spacial score (nSPS) is 12.5. The Bertz CT molecular complexity index is 907. The highest BCUT2D eigenvalue weighted by Crippen LogP contribution is 2.33. The van der Waals surface area contributed by atoms with Crippen molar-refractivity contribution >= 4 is 22.7 Å². The molecule has 0 aliphatic carbocycles. The summed E-state index contributed by atoms with van der Waals surface area (Å²) in [5, 5.41) is 1.28. The van der Waals surface area contributed by atoms with E-state index in [9.17, 15) is 9.18 Å². The Morgan fingerprint density at radius 2 is 2.00 bits per heavy atom. The Balaban J connectivity index is 2.04. The zero-order valence-corrected chi connectivity index (χ0v) is 13.8. The lowest BCUT2D eigenvalue weighted by molar-refractivity contribution is 0.624. The van der Waals surface area contributed by atoms with E-state index in [2.05, 4.69) is 4.98 Å². The average molecular weight is 328 g/mol. The van der Waals surface area contributed by atoms with E-state index in [4.69, 9.17) is 0 Å². The number of hydrogen-bond acceptors (Lipinski definition) is 3. The average Bonchev–Trinajstić information content (AvgIpc) is 2.55. The van der Waals surface area contributed by atoms with Gasteiger partial charge in [-0.2, -0.15) is 0 Å². The lowest BCUT2D eigenvalue weighted by Gasteiger charge is -2.15. The summed E-state index contributed by atoms with van der Waals surface area (Å²) >= 11 is 1.47. The summed E-state index contributed by atoms with van der Waals surface area (Å²) in [5.41, 5.74) is 1.53. The number of aromatic nitrogens is 2. The van der Waals surface area contributed by atoms with Gasteiger partial charge in [0.05, 0.1) is 10.9 Å². The molecule has 1 heterocycles. The van der Waals surface area contributed by atoms with Crippen LogP contribution in [0, 0.1) is 5.82 Å². The summed E-state index contributed by atoms with van der Waals surface area (Å²) in [5.74, 6) is -0.255. The lowest BCUT2D eigenvalue weighted by Crippen LogP contribution is -2.22. The van der Waals surface area contributed by atoms with E-state index in [1.54, 1.807) is 16.7 Å². The zero-order chi connectivity index (χ0) is 16.4. The standard InChI is InChI=1S/C18H17FN2OS/c1-3-21-17(22)15-9-4-5-10-16(15)20-18(21)23-12(2)13-7-6-8-14(19)11-13/h4-12H,3H2,1-2H3/t12-/m1/s1. The number of benzene rings is 2. The maximum Gasteiger partial charge on any atom is 0.262 e. The van der Waals surface area contributed by atoms with Crippen molar-refractivity contribution < 1.29 is 4.39 Å². The van der Waals surface area contributed by atoms with Crippen molar-refractivity contribution in [1.29, 1.82) is 0 Å². The maximum atomic E-state index is 13.4. The second-order valence-corrected chi connectivity index (χ2v) is 6.58. The summed E-state index contributed by atoms with van der Waals surface area (Å²) in [4.78, 5) is 17.2. The van der Waals surface area contributed by atoms with E-state index in [0.717, 1.165) is 5.56 Å². The fraction of sp³-hybridized carbons (Fsp3) is 0.222. The van der Waals surface area contributed by atoms with Crippen LogP contribution in [-0.4, -0.2) is 9.55 Å². The van der Waals surface area contributed by atoms with E-state index < -0.39 is 0 Å². The van der Waals surface area contributed by atoms with Crippen LogP contribution < -0.4 is 5.56 Å². The van der Waals surface area contributed by atoms with Crippen LogP contribution in [0.4, 0.5) is 4.39 Å². The first-order valence-corrected chi connectivity index (χ1v) is 8.40. The minimum Gasteiger partial charge on any atom is -0.287 e. The quantitative estimate of drug-likeness (QED) is 0.526. The van der Waals surface area contributed by atoms with Crippen molar-refractivity contribution in [1.82, 2.24) is 9.55 Å². The van der Waals surface area contributed by atoms with Gasteiger partial charge in [-0.15, -0.1) is 0 Å². The number of nitrogens with zero attached hydrogens (tertiary/aromatic N) is 2.